The van der Waals surface area contributed by atoms with Gasteiger partial charge in [0.25, 0.3) is 0 Å². The second kappa shape index (κ2) is 7.77. The van der Waals surface area contributed by atoms with Crippen LogP contribution in [0.4, 0.5) is 0 Å². The van der Waals surface area contributed by atoms with E-state index >= 15 is 0 Å². The number of rotatable bonds is 1. The average molecular weight is 156 g/mol. The number of aldehydes is 1. The first-order valence-electron chi connectivity index (χ1n) is 4.74. The van der Waals surface area contributed by atoms with Crippen LogP contribution in [-0.4, -0.2) is 6.29 Å². The molecule has 1 fully saturated rings. The highest BCUT2D eigenvalue weighted by molar-refractivity contribution is 5.48. The maximum Gasteiger partial charge on any atom is 0.119 e. The van der Waals surface area contributed by atoms with Crippen molar-refractivity contribution >= 4 is 6.29 Å². The molecule has 0 aromatic carbocycles. The molecule has 1 saturated carbocycles. The van der Waals surface area contributed by atoms with Crippen LogP contribution in [0.25, 0.3) is 0 Å². The van der Waals surface area contributed by atoms with Gasteiger partial charge in [0.2, 0.25) is 0 Å². The van der Waals surface area contributed by atoms with Crippen LogP contribution in [0.3, 0.4) is 0 Å². The van der Waals surface area contributed by atoms with Crippen molar-refractivity contribution in [3.05, 3.63) is 0 Å². The monoisotopic (exact) mass is 156 g/mol. The Kier molecular flexibility index (Phi) is 7.54. The predicted octanol–water partition coefficient (Wildman–Crippen LogP) is 3.18. The van der Waals surface area contributed by atoms with Gasteiger partial charge in [0, 0.05) is 6.42 Å². The third-order valence-corrected chi connectivity index (χ3v) is 2.06. The summed E-state index contributed by atoms with van der Waals surface area (Å²) >= 11 is 0. The molecule has 0 atom stereocenters. The van der Waals surface area contributed by atoms with Gasteiger partial charge in [-0.1, -0.05) is 46.0 Å². The summed E-state index contributed by atoms with van der Waals surface area (Å²) in [5.41, 5.74) is 0. The molecule has 1 rings (SSSR count). The summed E-state index contributed by atoms with van der Waals surface area (Å²) in [6, 6.07) is 0. The molecule has 1 nitrogen and oxygen atoms in total. The summed E-state index contributed by atoms with van der Waals surface area (Å²) in [5, 5.41) is 0. The molecular weight excluding hydrogens is 136 g/mol. The zero-order chi connectivity index (χ0) is 8.53. The van der Waals surface area contributed by atoms with Crippen LogP contribution in [0.2, 0.25) is 0 Å². The molecule has 0 heterocycles. The first-order chi connectivity index (χ1) is 5.31. The van der Waals surface area contributed by atoms with E-state index < -0.39 is 0 Å². The highest BCUT2D eigenvalue weighted by Crippen LogP contribution is 2.21. The van der Waals surface area contributed by atoms with Crippen LogP contribution < -0.4 is 0 Å². The topological polar surface area (TPSA) is 17.1 Å². The molecule has 66 valence electrons. The molecule has 0 amide bonds. The summed E-state index contributed by atoms with van der Waals surface area (Å²) in [6.45, 7) is 4.17. The lowest BCUT2D eigenvalue weighted by Gasteiger charge is -2.15. The van der Waals surface area contributed by atoms with Crippen LogP contribution >= 0.6 is 0 Å². The third-order valence-electron chi connectivity index (χ3n) is 2.06. The Labute approximate surface area is 70.2 Å². The minimum absolute atomic E-state index is 0.639. The number of hydrogen-bond acceptors (Lipinski definition) is 1. The van der Waals surface area contributed by atoms with Crippen LogP contribution in [0, 0.1) is 5.92 Å². The van der Waals surface area contributed by atoms with Crippen molar-refractivity contribution < 1.29 is 4.79 Å². The number of carbonyl (C=O) groups excluding carboxylic acids is 1. The fourth-order valence-electron chi connectivity index (χ4n) is 1.31. The molecule has 11 heavy (non-hydrogen) atoms. The van der Waals surface area contributed by atoms with Crippen molar-refractivity contribution in [1.82, 2.24) is 0 Å². The highest BCUT2D eigenvalue weighted by atomic mass is 16.1. The normalized spacial score (nSPS) is 18.4. The predicted molar refractivity (Wildman–Crippen MR) is 48.6 cm³/mol. The smallest absolute Gasteiger partial charge is 0.119 e. The van der Waals surface area contributed by atoms with Crippen molar-refractivity contribution in [2.24, 2.45) is 5.92 Å². The molecule has 0 spiro atoms. The Morgan fingerprint density at radius 2 is 1.73 bits per heavy atom. The van der Waals surface area contributed by atoms with E-state index in [4.69, 9.17) is 0 Å². The summed E-state index contributed by atoms with van der Waals surface area (Å²) in [6.07, 6.45) is 8.95. The molecule has 0 aromatic rings. The Bertz CT molecular complexity index is 82.9. The summed E-state index contributed by atoms with van der Waals surface area (Å²) < 4.78 is 0. The van der Waals surface area contributed by atoms with Gasteiger partial charge < -0.3 is 4.79 Å². The standard InChI is InChI=1S/C7H14.C3H6O/c1-7-5-3-2-4-6-7;1-2-3-4/h7H,2-6H2,1H3;3H,2H2,1H3. The maximum atomic E-state index is 9.17. The second-order valence-electron chi connectivity index (χ2n) is 3.32. The van der Waals surface area contributed by atoms with Gasteiger partial charge in [0.05, 0.1) is 0 Å². The van der Waals surface area contributed by atoms with Crippen LogP contribution in [0.5, 0.6) is 0 Å². The Balaban J connectivity index is 0.000000218. The number of carbonyl (C=O) groups is 1. The van der Waals surface area contributed by atoms with E-state index in [1.165, 1.54) is 32.1 Å². The molecule has 0 aliphatic heterocycles. The van der Waals surface area contributed by atoms with Gasteiger partial charge in [0.15, 0.2) is 0 Å². The summed E-state index contributed by atoms with van der Waals surface area (Å²) in [5.74, 6) is 1.04. The minimum atomic E-state index is 0.639. The van der Waals surface area contributed by atoms with Crippen molar-refractivity contribution in [3.8, 4) is 0 Å². The fraction of sp³-hybridized carbons (Fsp3) is 0.900. The molecular formula is C10H20O. The maximum absolute atomic E-state index is 9.17. The molecule has 0 radical (unpaired) electrons. The van der Waals surface area contributed by atoms with Gasteiger partial charge in [-0.3, -0.25) is 0 Å². The van der Waals surface area contributed by atoms with Gasteiger partial charge in [-0.25, -0.2) is 0 Å². The van der Waals surface area contributed by atoms with E-state index in [1.54, 1.807) is 0 Å². The molecule has 0 aromatic heterocycles. The first kappa shape index (κ1) is 10.7. The third kappa shape index (κ3) is 7.57. The number of hydrogen-bond donors (Lipinski definition) is 0. The molecule has 1 heteroatoms. The fourth-order valence-corrected chi connectivity index (χ4v) is 1.31. The van der Waals surface area contributed by atoms with Crippen molar-refractivity contribution in [2.45, 2.75) is 52.4 Å². The van der Waals surface area contributed by atoms with E-state index in [0.717, 1.165) is 12.2 Å². The van der Waals surface area contributed by atoms with Crippen LogP contribution in [0.1, 0.15) is 52.4 Å². The van der Waals surface area contributed by atoms with Gasteiger partial charge in [-0.05, 0) is 5.92 Å². The van der Waals surface area contributed by atoms with Crippen LogP contribution in [-0.2, 0) is 4.79 Å². The SMILES string of the molecule is CC1CCCCC1.CCC=O. The van der Waals surface area contributed by atoms with E-state index in [0.29, 0.717) is 6.42 Å². The first-order valence-corrected chi connectivity index (χ1v) is 4.74. The lowest BCUT2D eigenvalue weighted by molar-refractivity contribution is -0.107. The van der Waals surface area contributed by atoms with Gasteiger partial charge >= 0.3 is 0 Å². The zero-order valence-corrected chi connectivity index (χ0v) is 7.81. The van der Waals surface area contributed by atoms with Crippen molar-refractivity contribution in [1.29, 1.82) is 0 Å². The van der Waals surface area contributed by atoms with E-state index in [9.17, 15) is 4.79 Å². The molecule has 0 N–H and O–H groups in total. The molecule has 0 unspecified atom stereocenters. The average Bonchev–Trinajstić information content (AvgIpc) is 2.07. The molecule has 0 bridgehead atoms. The molecule has 1 aliphatic rings. The van der Waals surface area contributed by atoms with Gasteiger partial charge in [0.1, 0.15) is 6.29 Å². The van der Waals surface area contributed by atoms with E-state index in [-0.39, 0.29) is 0 Å². The Morgan fingerprint density at radius 1 is 1.27 bits per heavy atom. The largest absolute Gasteiger partial charge is 0.303 e. The van der Waals surface area contributed by atoms with Crippen molar-refractivity contribution in [3.63, 3.8) is 0 Å². The lowest BCUT2D eigenvalue weighted by atomic mass is 9.91. The summed E-state index contributed by atoms with van der Waals surface area (Å²) in [7, 11) is 0. The quantitative estimate of drug-likeness (QED) is 0.533. The Hall–Kier alpha value is -0.330. The molecule has 1 aliphatic carbocycles. The van der Waals surface area contributed by atoms with Crippen LogP contribution in [0.15, 0.2) is 0 Å². The minimum Gasteiger partial charge on any atom is -0.303 e. The van der Waals surface area contributed by atoms with Gasteiger partial charge in [-0.2, -0.15) is 0 Å². The molecule has 0 saturated heterocycles. The highest BCUT2D eigenvalue weighted by Gasteiger charge is 2.05. The van der Waals surface area contributed by atoms with E-state index in [1.807, 2.05) is 6.92 Å². The zero-order valence-electron chi connectivity index (χ0n) is 7.81. The Morgan fingerprint density at radius 3 is 1.91 bits per heavy atom. The van der Waals surface area contributed by atoms with Gasteiger partial charge in [-0.15, -0.1) is 0 Å². The lowest BCUT2D eigenvalue weighted by Crippen LogP contribution is -1.99. The van der Waals surface area contributed by atoms with E-state index in [2.05, 4.69) is 6.92 Å². The second-order valence-corrected chi connectivity index (χ2v) is 3.32. The summed E-state index contributed by atoms with van der Waals surface area (Å²) in [4.78, 5) is 9.17. The van der Waals surface area contributed by atoms with Crippen molar-refractivity contribution in [2.75, 3.05) is 0 Å².